The van der Waals surface area contributed by atoms with Crippen LogP contribution in [-0.4, -0.2) is 35.9 Å². The lowest BCUT2D eigenvalue weighted by Gasteiger charge is -2.07. The van der Waals surface area contributed by atoms with Crippen LogP contribution in [0.5, 0.6) is 0 Å². The van der Waals surface area contributed by atoms with Crippen molar-refractivity contribution in [2.45, 2.75) is 18.4 Å². The number of nitrogens with one attached hydrogen (secondary N) is 2. The molecule has 0 saturated carbocycles. The Kier molecular flexibility index (Phi) is 5.45. The highest BCUT2D eigenvalue weighted by molar-refractivity contribution is 7.89. The molecule has 3 rings (SSSR count). The Labute approximate surface area is 154 Å². The summed E-state index contributed by atoms with van der Waals surface area (Å²) >= 11 is 1.55. The average molecular weight is 391 g/mol. The first-order chi connectivity index (χ1) is 12.4. The van der Waals surface area contributed by atoms with Crippen molar-refractivity contribution in [3.63, 3.8) is 0 Å². The molecule has 1 amide bonds. The zero-order valence-corrected chi connectivity index (χ0v) is 15.5. The van der Waals surface area contributed by atoms with Crippen molar-refractivity contribution >= 4 is 27.3 Å². The van der Waals surface area contributed by atoms with E-state index >= 15 is 0 Å². The second-order valence-electron chi connectivity index (χ2n) is 5.55. The fraction of sp³-hybridized carbons (Fsp3) is 0.188. The van der Waals surface area contributed by atoms with Gasteiger partial charge >= 0.3 is 0 Å². The first-order valence-corrected chi connectivity index (χ1v) is 10.1. The molecule has 0 fully saturated rings. The van der Waals surface area contributed by atoms with Crippen LogP contribution in [0.1, 0.15) is 11.3 Å². The van der Waals surface area contributed by atoms with Gasteiger partial charge in [-0.15, -0.1) is 5.10 Å². The molecule has 3 aromatic rings. The summed E-state index contributed by atoms with van der Waals surface area (Å²) < 4.78 is 28.3. The summed E-state index contributed by atoms with van der Waals surface area (Å²) in [6.45, 7) is 1.61. The Morgan fingerprint density at radius 2 is 2.15 bits per heavy atom. The molecular weight excluding hydrogens is 374 g/mol. The van der Waals surface area contributed by atoms with Gasteiger partial charge in [0.05, 0.1) is 29.9 Å². The minimum atomic E-state index is -3.73. The molecular formula is C16H17N5O3S2. The maximum absolute atomic E-state index is 12.2. The Balaban J connectivity index is 1.52. The molecule has 0 unspecified atom stereocenters. The van der Waals surface area contributed by atoms with Crippen molar-refractivity contribution < 1.29 is 13.2 Å². The van der Waals surface area contributed by atoms with Gasteiger partial charge in [-0.3, -0.25) is 4.79 Å². The van der Waals surface area contributed by atoms with Crippen molar-refractivity contribution in [2.75, 3.05) is 6.54 Å². The first kappa shape index (κ1) is 18.2. The van der Waals surface area contributed by atoms with Crippen molar-refractivity contribution in [3.8, 4) is 5.69 Å². The number of nitrogens with zero attached hydrogens (tertiary/aromatic N) is 3. The Morgan fingerprint density at radius 3 is 2.88 bits per heavy atom. The Morgan fingerprint density at radius 1 is 1.31 bits per heavy atom. The monoisotopic (exact) mass is 391 g/mol. The van der Waals surface area contributed by atoms with E-state index in [9.17, 15) is 13.2 Å². The van der Waals surface area contributed by atoms with Gasteiger partial charge in [0.15, 0.2) is 0 Å². The fourth-order valence-corrected chi connectivity index (χ4v) is 3.88. The van der Waals surface area contributed by atoms with Crippen molar-refractivity contribution in [3.05, 3.63) is 58.5 Å². The SMILES string of the molecule is Cc1cccc(S(=O)(=O)NCC(=O)NCc2cn(-c3ccsc3)nn2)c1. The highest BCUT2D eigenvalue weighted by atomic mass is 32.2. The number of sulfonamides is 1. The number of aromatic nitrogens is 3. The van der Waals surface area contributed by atoms with Gasteiger partial charge in [0.2, 0.25) is 15.9 Å². The van der Waals surface area contributed by atoms with Gasteiger partial charge in [-0.2, -0.15) is 11.3 Å². The molecule has 0 aliphatic rings. The summed E-state index contributed by atoms with van der Waals surface area (Å²) in [5.74, 6) is -0.452. The minimum Gasteiger partial charge on any atom is -0.349 e. The largest absolute Gasteiger partial charge is 0.349 e. The minimum absolute atomic E-state index is 0.129. The number of thiophene rings is 1. The van der Waals surface area contributed by atoms with Crippen LogP contribution >= 0.6 is 11.3 Å². The molecule has 136 valence electrons. The number of amides is 1. The van der Waals surface area contributed by atoms with Crippen LogP contribution in [0.15, 0.2) is 52.2 Å². The zero-order chi connectivity index (χ0) is 18.6. The molecule has 0 aliphatic heterocycles. The molecule has 10 heteroatoms. The van der Waals surface area contributed by atoms with Gasteiger partial charge in [-0.1, -0.05) is 17.3 Å². The van der Waals surface area contributed by atoms with Gasteiger partial charge in [0.25, 0.3) is 0 Å². The molecule has 2 heterocycles. The molecule has 26 heavy (non-hydrogen) atoms. The van der Waals surface area contributed by atoms with E-state index in [-0.39, 0.29) is 18.0 Å². The molecule has 2 N–H and O–H groups in total. The number of hydrogen-bond donors (Lipinski definition) is 2. The maximum atomic E-state index is 12.2. The number of carbonyl (C=O) groups excluding carboxylic acids is 1. The van der Waals surface area contributed by atoms with E-state index in [4.69, 9.17) is 0 Å². The smallest absolute Gasteiger partial charge is 0.241 e. The highest BCUT2D eigenvalue weighted by Gasteiger charge is 2.15. The Hall–Kier alpha value is -2.56. The summed E-state index contributed by atoms with van der Waals surface area (Å²) in [4.78, 5) is 12.0. The highest BCUT2D eigenvalue weighted by Crippen LogP contribution is 2.11. The standard InChI is InChI=1S/C16H17N5O3S2/c1-12-3-2-4-15(7-12)26(23,24)18-9-16(22)17-8-13-10-21(20-19-13)14-5-6-25-11-14/h2-7,10-11,18H,8-9H2,1H3,(H,17,22). The van der Waals surface area contributed by atoms with E-state index < -0.39 is 15.9 Å². The summed E-state index contributed by atoms with van der Waals surface area (Å²) in [7, 11) is -3.73. The van der Waals surface area contributed by atoms with E-state index in [1.165, 1.54) is 6.07 Å². The summed E-state index contributed by atoms with van der Waals surface area (Å²) in [6.07, 6.45) is 1.71. The average Bonchev–Trinajstić information content (AvgIpc) is 3.29. The third kappa shape index (κ3) is 4.54. The van der Waals surface area contributed by atoms with Crippen molar-refractivity contribution in [2.24, 2.45) is 0 Å². The van der Waals surface area contributed by atoms with Gasteiger partial charge < -0.3 is 5.32 Å². The summed E-state index contributed by atoms with van der Waals surface area (Å²) in [5.41, 5.74) is 2.29. The van der Waals surface area contributed by atoms with Crippen LogP contribution in [0.3, 0.4) is 0 Å². The zero-order valence-electron chi connectivity index (χ0n) is 13.9. The van der Waals surface area contributed by atoms with Crippen LogP contribution in [0, 0.1) is 6.92 Å². The molecule has 1 aromatic carbocycles. The van der Waals surface area contributed by atoms with Crippen LogP contribution in [0.2, 0.25) is 0 Å². The first-order valence-electron chi connectivity index (χ1n) is 7.71. The number of hydrogen-bond acceptors (Lipinski definition) is 6. The van der Waals surface area contributed by atoms with E-state index in [2.05, 4.69) is 20.4 Å². The van der Waals surface area contributed by atoms with Crippen LogP contribution in [0.4, 0.5) is 0 Å². The normalized spacial score (nSPS) is 11.4. The lowest BCUT2D eigenvalue weighted by molar-refractivity contribution is -0.120. The van der Waals surface area contributed by atoms with Crippen LogP contribution in [-0.2, 0) is 21.4 Å². The lowest BCUT2D eigenvalue weighted by atomic mass is 10.2. The van der Waals surface area contributed by atoms with E-state index in [0.29, 0.717) is 5.69 Å². The summed E-state index contributed by atoms with van der Waals surface area (Å²) in [5, 5.41) is 14.4. The predicted octanol–water partition coefficient (Wildman–Crippen LogP) is 1.23. The molecule has 0 bridgehead atoms. The maximum Gasteiger partial charge on any atom is 0.241 e. The van der Waals surface area contributed by atoms with Crippen molar-refractivity contribution in [1.29, 1.82) is 0 Å². The van der Waals surface area contributed by atoms with Gasteiger partial charge in [0.1, 0.15) is 5.69 Å². The van der Waals surface area contributed by atoms with Gasteiger partial charge in [-0.05, 0) is 36.1 Å². The molecule has 0 atom stereocenters. The molecule has 0 radical (unpaired) electrons. The second kappa shape index (κ2) is 7.77. The Bertz CT molecular complexity index is 997. The second-order valence-corrected chi connectivity index (χ2v) is 8.10. The van der Waals surface area contributed by atoms with Gasteiger partial charge in [0, 0.05) is 5.38 Å². The molecule has 0 spiro atoms. The quantitative estimate of drug-likeness (QED) is 0.630. The fourth-order valence-electron chi connectivity index (χ4n) is 2.17. The molecule has 0 aliphatic carbocycles. The van der Waals surface area contributed by atoms with Crippen LogP contribution in [0.25, 0.3) is 5.69 Å². The van der Waals surface area contributed by atoms with Crippen molar-refractivity contribution in [1.82, 2.24) is 25.0 Å². The number of carbonyl (C=O) groups is 1. The number of aryl methyl sites for hydroxylation is 1. The number of rotatable bonds is 7. The van der Waals surface area contributed by atoms with Gasteiger partial charge in [-0.25, -0.2) is 17.8 Å². The topological polar surface area (TPSA) is 106 Å². The third-order valence-corrected chi connectivity index (χ3v) is 5.57. The molecule has 8 nitrogen and oxygen atoms in total. The molecule has 0 saturated heterocycles. The lowest BCUT2D eigenvalue weighted by Crippen LogP contribution is -2.36. The van der Waals surface area contributed by atoms with E-state index in [1.54, 1.807) is 47.3 Å². The van der Waals surface area contributed by atoms with E-state index in [1.807, 2.05) is 16.8 Å². The number of benzene rings is 1. The third-order valence-electron chi connectivity index (χ3n) is 3.50. The molecule has 2 aromatic heterocycles. The van der Waals surface area contributed by atoms with Crippen LogP contribution < -0.4 is 10.0 Å². The predicted molar refractivity (Wildman–Crippen MR) is 97.5 cm³/mol. The van der Waals surface area contributed by atoms with E-state index in [0.717, 1.165) is 11.3 Å². The summed E-state index contributed by atoms with van der Waals surface area (Å²) in [6, 6.07) is 8.39.